The average Bonchev–Trinajstić information content (AvgIpc) is 2.35. The summed E-state index contributed by atoms with van der Waals surface area (Å²) >= 11 is -3.30. The van der Waals surface area contributed by atoms with E-state index in [1.165, 1.54) is 11.1 Å². The molecule has 0 saturated heterocycles. The zero-order valence-corrected chi connectivity index (χ0v) is 25.3. The first-order valence-electron chi connectivity index (χ1n) is 10.7. The molecule has 0 amide bonds. The number of halogens is 2. The van der Waals surface area contributed by atoms with E-state index in [1.807, 2.05) is 0 Å². The molecule has 0 fully saturated rings. The average molecular weight is 540 g/mol. The van der Waals surface area contributed by atoms with Crippen LogP contribution in [0.1, 0.15) is 111 Å². The van der Waals surface area contributed by atoms with Crippen LogP contribution in [-0.2, 0) is 13.5 Å². The van der Waals surface area contributed by atoms with Crippen LogP contribution >= 0.6 is 19.1 Å². The molecule has 0 unspecified atom stereocenters. The van der Waals surface area contributed by atoms with Crippen molar-refractivity contribution in [2.24, 2.45) is 21.7 Å². The third-order valence-electron chi connectivity index (χ3n) is 5.76. The Morgan fingerprint density at radius 1 is 0.483 bits per heavy atom. The van der Waals surface area contributed by atoms with Gasteiger partial charge in [-0.25, -0.2) is 0 Å². The zero-order valence-electron chi connectivity index (χ0n) is 22.2. The van der Waals surface area contributed by atoms with Gasteiger partial charge >= 0.3 is 196 Å². The van der Waals surface area contributed by atoms with E-state index in [2.05, 4.69) is 123 Å². The molecule has 0 N–H and O–H groups in total. The Hall–Kier alpha value is 0.722. The molecular formula is C26H50Cl2Pd. The Bertz CT molecular complexity index is 546. The van der Waals surface area contributed by atoms with Gasteiger partial charge in [-0.3, -0.25) is 0 Å². The van der Waals surface area contributed by atoms with Gasteiger partial charge in [0.1, 0.15) is 0 Å². The molecule has 0 bridgehead atoms. The molecule has 0 atom stereocenters. The zero-order chi connectivity index (χ0) is 24.1. The van der Waals surface area contributed by atoms with Crippen molar-refractivity contribution >= 4 is 19.1 Å². The molecule has 29 heavy (non-hydrogen) atoms. The molecule has 178 valence electrons. The molecule has 0 saturated carbocycles. The van der Waals surface area contributed by atoms with E-state index < -0.39 is 13.5 Å². The van der Waals surface area contributed by atoms with Crippen LogP contribution in [0.3, 0.4) is 0 Å². The summed E-state index contributed by atoms with van der Waals surface area (Å²) in [6.45, 7) is 36.6. The molecule has 0 heterocycles. The fraction of sp³-hybridized carbons (Fsp3) is 0.846. The topological polar surface area (TPSA) is 0 Å². The molecule has 0 aromatic carbocycles. The molecule has 0 aliphatic rings. The van der Waals surface area contributed by atoms with Crippen molar-refractivity contribution < 1.29 is 13.5 Å². The summed E-state index contributed by atoms with van der Waals surface area (Å²) < 4.78 is -0.697. The van der Waals surface area contributed by atoms with Crippen molar-refractivity contribution in [3.8, 4) is 0 Å². The van der Waals surface area contributed by atoms with Gasteiger partial charge in [-0.05, 0) is 0 Å². The molecule has 0 aliphatic carbocycles. The Balaban J connectivity index is 8.06. The van der Waals surface area contributed by atoms with Gasteiger partial charge in [0.2, 0.25) is 0 Å². The summed E-state index contributed by atoms with van der Waals surface area (Å²) in [5.74, 6) is 0. The van der Waals surface area contributed by atoms with Gasteiger partial charge in [-0.15, -0.1) is 0 Å². The van der Waals surface area contributed by atoms with Crippen LogP contribution in [0.5, 0.6) is 0 Å². The van der Waals surface area contributed by atoms with Crippen LogP contribution in [-0.4, -0.2) is 0 Å². The van der Waals surface area contributed by atoms with E-state index in [9.17, 15) is 0 Å². The van der Waals surface area contributed by atoms with Crippen LogP contribution in [0.4, 0.5) is 0 Å². The van der Waals surface area contributed by atoms with Gasteiger partial charge in [0.25, 0.3) is 0 Å². The third kappa shape index (κ3) is 4.90. The first kappa shape index (κ1) is 29.7. The molecule has 0 radical (unpaired) electrons. The van der Waals surface area contributed by atoms with Crippen molar-refractivity contribution in [2.75, 3.05) is 0 Å². The first-order valence-corrected chi connectivity index (χ1v) is 16.3. The molecule has 0 aromatic heterocycles. The fourth-order valence-corrected chi connectivity index (χ4v) is 23.0. The quantitative estimate of drug-likeness (QED) is 0.246. The van der Waals surface area contributed by atoms with Crippen LogP contribution in [0, 0.1) is 21.7 Å². The Morgan fingerprint density at radius 3 is 0.759 bits per heavy atom. The number of allylic oxidation sites excluding steroid dienone is 4. The number of hydrogen-bond acceptors (Lipinski definition) is 0. The van der Waals surface area contributed by atoms with E-state index in [0.29, 0.717) is 0 Å². The second-order valence-corrected chi connectivity index (χ2v) is 22.3. The van der Waals surface area contributed by atoms with E-state index in [1.54, 1.807) is 0 Å². The molecule has 0 rings (SSSR count). The van der Waals surface area contributed by atoms with Crippen molar-refractivity contribution in [1.29, 1.82) is 0 Å². The summed E-state index contributed by atoms with van der Waals surface area (Å²) in [5.41, 5.74) is 2.12. The Labute approximate surface area is 195 Å². The van der Waals surface area contributed by atoms with Crippen LogP contribution < -0.4 is 0 Å². The molecule has 0 spiro atoms. The van der Waals surface area contributed by atoms with Crippen LogP contribution in [0.25, 0.3) is 0 Å². The standard InChI is InChI=1S/2C13H25.2ClH.Pd/c2*1-10(2)9-11(12(3,4)5)13(6,7)8;;;/h2*9H,1-8H3;2*1H;/q;;;;+2/p-2. The van der Waals surface area contributed by atoms with Crippen molar-refractivity contribution in [3.63, 3.8) is 0 Å². The minimum absolute atomic E-state index is 0.111. The summed E-state index contributed by atoms with van der Waals surface area (Å²) in [5, 5.41) is 0. The number of rotatable bonds is 4. The van der Waals surface area contributed by atoms with Gasteiger partial charge < -0.3 is 0 Å². The summed E-state index contributed by atoms with van der Waals surface area (Å²) in [6, 6.07) is 0. The van der Waals surface area contributed by atoms with E-state index in [4.69, 9.17) is 19.1 Å². The second kappa shape index (κ2) is 8.58. The monoisotopic (exact) mass is 538 g/mol. The summed E-state index contributed by atoms with van der Waals surface area (Å²) in [6.07, 6.45) is 4.88. The summed E-state index contributed by atoms with van der Waals surface area (Å²) in [7, 11) is 16.1. The van der Waals surface area contributed by atoms with Gasteiger partial charge in [0, 0.05) is 0 Å². The predicted octanol–water partition coefficient (Wildman–Crippen LogP) is 10.9. The van der Waals surface area contributed by atoms with Crippen molar-refractivity contribution in [1.82, 2.24) is 0 Å². The van der Waals surface area contributed by atoms with Gasteiger partial charge in [0.15, 0.2) is 0 Å². The van der Waals surface area contributed by atoms with E-state index in [-0.39, 0.29) is 29.4 Å². The van der Waals surface area contributed by atoms with Crippen molar-refractivity contribution in [3.05, 3.63) is 23.3 Å². The van der Waals surface area contributed by atoms with Gasteiger partial charge in [0.05, 0.1) is 0 Å². The molecular weight excluding hydrogens is 490 g/mol. The first-order chi connectivity index (χ1) is 12.3. The fourth-order valence-electron chi connectivity index (χ4n) is 5.38. The van der Waals surface area contributed by atoms with Crippen LogP contribution in [0.2, 0.25) is 7.78 Å². The van der Waals surface area contributed by atoms with Crippen molar-refractivity contribution in [2.45, 2.75) is 119 Å². The van der Waals surface area contributed by atoms with E-state index >= 15 is 0 Å². The summed E-state index contributed by atoms with van der Waals surface area (Å²) in [4.78, 5) is 0. The van der Waals surface area contributed by atoms with E-state index in [0.717, 1.165) is 0 Å². The third-order valence-corrected chi connectivity index (χ3v) is 18.4. The number of hydrogen-bond donors (Lipinski definition) is 0. The van der Waals surface area contributed by atoms with Gasteiger partial charge in [-0.2, -0.15) is 0 Å². The maximum absolute atomic E-state index is 8.03. The predicted molar refractivity (Wildman–Crippen MR) is 134 cm³/mol. The SMILES string of the molecule is CC(C)=C[C](C(C)(C)C)(C(C)(C)C)[Pd]([Cl])([Cl])[C](C=C(C)C)(C(C)(C)C)C(C)(C)C. The Kier molecular flexibility index (Phi) is 8.79. The second-order valence-electron chi connectivity index (χ2n) is 13.1. The molecule has 3 heteroatoms. The molecule has 0 nitrogen and oxygen atoms in total. The van der Waals surface area contributed by atoms with Crippen LogP contribution in [0.15, 0.2) is 23.3 Å². The van der Waals surface area contributed by atoms with Gasteiger partial charge in [-0.1, -0.05) is 0 Å². The molecule has 0 aliphatic heterocycles. The Morgan fingerprint density at radius 2 is 0.655 bits per heavy atom. The normalized spacial score (nSPS) is 15.8. The minimum atomic E-state index is -3.30. The maximum atomic E-state index is 8.03. The molecule has 0 aromatic rings.